The summed E-state index contributed by atoms with van der Waals surface area (Å²) in [6.45, 7) is 0.749. The van der Waals surface area contributed by atoms with Crippen molar-refractivity contribution in [1.29, 1.82) is 0 Å². The van der Waals surface area contributed by atoms with Crippen LogP contribution in [0.1, 0.15) is 34.3 Å². The average Bonchev–Trinajstić information content (AvgIpc) is 2.96. The molecule has 0 saturated carbocycles. The maximum absolute atomic E-state index is 13.2. The largest absolute Gasteiger partial charge is 0.507 e. The van der Waals surface area contributed by atoms with Gasteiger partial charge in [-0.2, -0.15) is 0 Å². The minimum Gasteiger partial charge on any atom is -0.507 e. The van der Waals surface area contributed by atoms with Crippen molar-refractivity contribution in [2.75, 3.05) is 20.3 Å². The van der Waals surface area contributed by atoms with Gasteiger partial charge in [-0.1, -0.05) is 41.4 Å². The number of nitrogens with two attached hydrogens (primary N) is 2. The molecule has 3 aromatic carbocycles. The molecule has 42 heavy (non-hydrogen) atoms. The van der Waals surface area contributed by atoms with E-state index in [1.54, 1.807) is 37.4 Å². The van der Waals surface area contributed by atoms with Crippen LogP contribution in [0.2, 0.25) is 10.0 Å². The van der Waals surface area contributed by atoms with Crippen LogP contribution in [0.3, 0.4) is 0 Å². The number of ether oxygens (including phenoxy) is 2. The van der Waals surface area contributed by atoms with Gasteiger partial charge in [-0.05, 0) is 76.3 Å². The number of halogens is 3. The molecular weight excluding hydrogens is 649 g/mol. The minimum atomic E-state index is -0.896. The van der Waals surface area contributed by atoms with Gasteiger partial charge in [-0.15, -0.1) is 0 Å². The van der Waals surface area contributed by atoms with Gasteiger partial charge in [0.15, 0.2) is 5.96 Å². The van der Waals surface area contributed by atoms with E-state index in [1.165, 1.54) is 12.1 Å². The molecule has 0 fully saturated rings. The lowest BCUT2D eigenvalue weighted by Crippen LogP contribution is -2.46. The van der Waals surface area contributed by atoms with E-state index >= 15 is 0 Å². The number of rotatable bonds is 14. The summed E-state index contributed by atoms with van der Waals surface area (Å²) in [5.41, 5.74) is 12.6. The molecule has 224 valence electrons. The molecule has 0 aliphatic carbocycles. The number of aliphatic imine (C=N–C) groups is 1. The van der Waals surface area contributed by atoms with E-state index in [-0.39, 0.29) is 59.5 Å². The maximum atomic E-state index is 13.2. The zero-order valence-corrected chi connectivity index (χ0v) is 25.9. The van der Waals surface area contributed by atoms with Gasteiger partial charge in [-0.25, -0.2) is 0 Å². The predicted octanol–water partition coefficient (Wildman–Crippen LogP) is 4.56. The van der Waals surface area contributed by atoms with Crippen LogP contribution in [0, 0.1) is 0 Å². The molecule has 3 rings (SSSR count). The van der Waals surface area contributed by atoms with Crippen LogP contribution >= 0.6 is 39.1 Å². The van der Waals surface area contributed by atoms with Gasteiger partial charge in [0.1, 0.15) is 27.8 Å². The molecule has 10 nitrogen and oxygen atoms in total. The molecule has 7 N–H and O–H groups in total. The Hall–Kier alpha value is -3.67. The van der Waals surface area contributed by atoms with E-state index < -0.39 is 11.9 Å². The van der Waals surface area contributed by atoms with E-state index in [0.717, 1.165) is 11.1 Å². The third-order valence-electron chi connectivity index (χ3n) is 6.12. The van der Waals surface area contributed by atoms with Crippen molar-refractivity contribution in [3.05, 3.63) is 85.8 Å². The van der Waals surface area contributed by atoms with Crippen LogP contribution in [0.25, 0.3) is 0 Å². The highest BCUT2D eigenvalue weighted by molar-refractivity contribution is 9.10. The Morgan fingerprint density at radius 3 is 2.50 bits per heavy atom. The molecular formula is C29H32BrCl2N5O5. The van der Waals surface area contributed by atoms with Gasteiger partial charge in [0.05, 0.1) is 13.7 Å². The molecule has 0 radical (unpaired) electrons. The van der Waals surface area contributed by atoms with E-state index in [1.807, 2.05) is 12.1 Å². The summed E-state index contributed by atoms with van der Waals surface area (Å²) >= 11 is 15.5. The first-order chi connectivity index (χ1) is 20.1. The fourth-order valence-corrected chi connectivity index (χ4v) is 4.73. The molecule has 0 spiro atoms. The first kappa shape index (κ1) is 32.8. The second kappa shape index (κ2) is 16.1. The van der Waals surface area contributed by atoms with E-state index in [2.05, 4.69) is 31.6 Å². The molecule has 13 heteroatoms. The molecule has 0 unspecified atom stereocenters. The Kier molecular flexibility index (Phi) is 12.6. The second-order valence-corrected chi connectivity index (χ2v) is 10.8. The van der Waals surface area contributed by atoms with E-state index in [4.69, 9.17) is 44.1 Å². The standard InChI is InChI=1S/C29H32BrCl2N5O5/c1-41-21-8-4-17(5-9-21)16-36-28(40)23(3-2-11-35-29(33)34)37-27(39)19-13-24(38)26(30)25(14-19)42-12-10-18-6-7-20(31)15-22(18)32/h4-9,13-15,23,38H,2-3,10-12,16H2,1H3,(H,36,40)(H,37,39)(H4,33,34,35)/t23-/m0/s1. The highest BCUT2D eigenvalue weighted by Crippen LogP contribution is 2.35. The number of phenolic OH excluding ortho intramolecular Hbond substituents is 1. The number of methoxy groups -OCH3 is 1. The smallest absolute Gasteiger partial charge is 0.252 e. The third kappa shape index (κ3) is 10.0. The Bertz CT molecular complexity index is 1420. The normalized spacial score (nSPS) is 11.3. The van der Waals surface area contributed by atoms with Gasteiger partial charge < -0.3 is 36.7 Å². The average molecular weight is 681 g/mol. The Morgan fingerprint density at radius 2 is 1.83 bits per heavy atom. The van der Waals surface area contributed by atoms with Crippen molar-refractivity contribution < 1.29 is 24.2 Å². The quantitative estimate of drug-likeness (QED) is 0.0948. The third-order valence-corrected chi connectivity index (χ3v) is 7.50. The first-order valence-electron chi connectivity index (χ1n) is 12.9. The maximum Gasteiger partial charge on any atom is 0.252 e. The molecule has 3 aromatic rings. The molecule has 0 saturated heterocycles. The van der Waals surface area contributed by atoms with Crippen LogP contribution in [0.5, 0.6) is 17.2 Å². The molecule has 0 aliphatic rings. The second-order valence-electron chi connectivity index (χ2n) is 9.18. The predicted molar refractivity (Wildman–Crippen MR) is 167 cm³/mol. The van der Waals surface area contributed by atoms with Crippen molar-refractivity contribution >= 4 is 56.9 Å². The lowest BCUT2D eigenvalue weighted by molar-refractivity contribution is -0.123. The van der Waals surface area contributed by atoms with E-state index in [9.17, 15) is 14.7 Å². The lowest BCUT2D eigenvalue weighted by Gasteiger charge is -2.19. The molecule has 0 aromatic heterocycles. The van der Waals surface area contributed by atoms with Crippen molar-refractivity contribution in [2.24, 2.45) is 16.5 Å². The number of nitrogens with one attached hydrogen (secondary N) is 2. The topological polar surface area (TPSA) is 161 Å². The van der Waals surface area contributed by atoms with Gasteiger partial charge in [0.25, 0.3) is 5.91 Å². The first-order valence-corrected chi connectivity index (χ1v) is 14.5. The number of phenols is 1. The van der Waals surface area contributed by atoms with Gasteiger partial charge in [-0.3, -0.25) is 14.6 Å². The van der Waals surface area contributed by atoms with Crippen LogP contribution in [-0.4, -0.2) is 49.2 Å². The number of aromatic hydroxyl groups is 1. The summed E-state index contributed by atoms with van der Waals surface area (Å²) in [5, 5.41) is 17.1. The highest BCUT2D eigenvalue weighted by Gasteiger charge is 2.23. The number of hydrogen-bond donors (Lipinski definition) is 5. The van der Waals surface area contributed by atoms with Crippen LogP contribution in [0.4, 0.5) is 0 Å². The van der Waals surface area contributed by atoms with E-state index in [0.29, 0.717) is 28.6 Å². The van der Waals surface area contributed by atoms with Crippen molar-refractivity contribution in [1.82, 2.24) is 10.6 Å². The fourth-order valence-electron chi connectivity index (χ4n) is 3.88. The Morgan fingerprint density at radius 1 is 1.10 bits per heavy atom. The summed E-state index contributed by atoms with van der Waals surface area (Å²) in [6, 6.07) is 14.3. The van der Waals surface area contributed by atoms with Gasteiger partial charge in [0, 0.05) is 35.1 Å². The Labute approximate surface area is 262 Å². The number of amides is 2. The van der Waals surface area contributed by atoms with Crippen molar-refractivity contribution in [3.63, 3.8) is 0 Å². The fraction of sp³-hybridized carbons (Fsp3) is 0.276. The van der Waals surface area contributed by atoms with Crippen LogP contribution in [-0.2, 0) is 17.8 Å². The molecule has 1 atom stereocenters. The lowest BCUT2D eigenvalue weighted by atomic mass is 10.1. The monoisotopic (exact) mass is 679 g/mol. The van der Waals surface area contributed by atoms with Crippen molar-refractivity contribution in [3.8, 4) is 17.2 Å². The SMILES string of the molecule is COc1ccc(CNC(=O)[C@H](CCCN=C(N)N)NC(=O)c2cc(O)c(Br)c(OCCc3ccc(Cl)cc3Cl)c2)cc1. The highest BCUT2D eigenvalue weighted by atomic mass is 79.9. The number of nitrogens with zero attached hydrogens (tertiary/aromatic N) is 1. The zero-order chi connectivity index (χ0) is 30.6. The van der Waals surface area contributed by atoms with Crippen LogP contribution in [0.15, 0.2) is 64.1 Å². The summed E-state index contributed by atoms with van der Waals surface area (Å²) < 4.78 is 11.3. The molecule has 2 amide bonds. The number of carbonyl (C=O) groups excluding carboxylic acids is 2. The summed E-state index contributed by atoms with van der Waals surface area (Å²) in [6.07, 6.45) is 1.17. The summed E-state index contributed by atoms with van der Waals surface area (Å²) in [5.74, 6) is -0.272. The van der Waals surface area contributed by atoms with Crippen LogP contribution < -0.4 is 31.6 Å². The zero-order valence-electron chi connectivity index (χ0n) is 22.8. The molecule has 0 aliphatic heterocycles. The summed E-state index contributed by atoms with van der Waals surface area (Å²) in [4.78, 5) is 30.3. The number of carbonyl (C=O) groups is 2. The van der Waals surface area contributed by atoms with Gasteiger partial charge >= 0.3 is 0 Å². The molecule has 0 bridgehead atoms. The Balaban J connectivity index is 1.69. The number of hydrogen-bond acceptors (Lipinski definition) is 6. The number of guanidine groups is 1. The van der Waals surface area contributed by atoms with Gasteiger partial charge in [0.2, 0.25) is 5.91 Å². The minimum absolute atomic E-state index is 0.0595. The van der Waals surface area contributed by atoms with Crippen molar-refractivity contribution in [2.45, 2.75) is 31.8 Å². The molecule has 0 heterocycles. The summed E-state index contributed by atoms with van der Waals surface area (Å²) in [7, 11) is 1.57. The number of benzene rings is 3.